The molecule has 0 fully saturated rings. The Kier molecular flexibility index (Phi) is 17.5. The standard InChI is InChI=1S/C9H13.C6H7.C2H6Si.2ClH.Zr/c1-6-5-7(2)9(4)8(6)3;1-6-4-2-3-5-6;1-3-2;;;/h5H,1-4H3;2-5H,1H3;1-2H3;2*1H;/q2*-1;;;;+2/p-2. The maximum absolute atomic E-state index is 2.31. The molecule has 0 N–H and O–H groups in total. The molecule has 0 aromatic heterocycles. The molecular formula is C17H26Cl2SiZr-2. The van der Waals surface area contributed by atoms with E-state index in [4.69, 9.17) is 0 Å². The van der Waals surface area contributed by atoms with E-state index in [0.29, 0.717) is 0 Å². The van der Waals surface area contributed by atoms with Gasteiger partial charge in [0.05, 0.1) is 0 Å². The Morgan fingerprint density at radius 2 is 1.57 bits per heavy atom. The van der Waals surface area contributed by atoms with Gasteiger partial charge in [-0.2, -0.15) is 46.5 Å². The molecule has 0 radical (unpaired) electrons. The largest absolute Gasteiger partial charge is 1.00 e. The van der Waals surface area contributed by atoms with Crippen LogP contribution >= 0.6 is 0 Å². The van der Waals surface area contributed by atoms with Gasteiger partial charge in [0.15, 0.2) is 0 Å². The van der Waals surface area contributed by atoms with Crippen LogP contribution in [-0.2, 0) is 23.3 Å². The minimum atomic E-state index is 0. The van der Waals surface area contributed by atoms with E-state index in [1.54, 1.807) is 23.3 Å². The SMILES string of the molecule is C[Si](C)=[Zr+2].Cc1c[c-](C)c(C)c1C.Cc1cc[cH-]c1.[Cl-].[Cl-]. The first-order valence-electron chi connectivity index (χ1n) is 6.65. The number of halogens is 2. The Morgan fingerprint density at radius 3 is 1.67 bits per heavy atom. The van der Waals surface area contributed by atoms with Crippen molar-refractivity contribution in [3.63, 3.8) is 0 Å². The van der Waals surface area contributed by atoms with E-state index in [1.165, 1.54) is 27.8 Å². The van der Waals surface area contributed by atoms with Crippen molar-refractivity contribution in [1.82, 2.24) is 0 Å². The van der Waals surface area contributed by atoms with Gasteiger partial charge in [-0.05, 0) is 0 Å². The van der Waals surface area contributed by atoms with Crippen LogP contribution in [-0.4, -0.2) is 5.43 Å². The van der Waals surface area contributed by atoms with Gasteiger partial charge in [-0.1, -0.05) is 34.6 Å². The Morgan fingerprint density at radius 1 is 1.10 bits per heavy atom. The molecule has 0 bridgehead atoms. The van der Waals surface area contributed by atoms with Crippen molar-refractivity contribution in [2.75, 3.05) is 0 Å². The fraction of sp³-hybridized carbons (Fsp3) is 0.412. The molecule has 0 spiro atoms. The van der Waals surface area contributed by atoms with Crippen molar-refractivity contribution in [2.45, 2.75) is 47.7 Å². The molecule has 0 aliphatic heterocycles. The van der Waals surface area contributed by atoms with E-state index >= 15 is 0 Å². The zero-order chi connectivity index (χ0) is 15.0. The van der Waals surface area contributed by atoms with E-state index in [0.717, 1.165) is 0 Å². The summed E-state index contributed by atoms with van der Waals surface area (Å²) in [6.07, 6.45) is 0. The summed E-state index contributed by atoms with van der Waals surface area (Å²) in [6.45, 7) is 15.4. The van der Waals surface area contributed by atoms with Crippen LogP contribution in [0.2, 0.25) is 13.1 Å². The molecule has 0 atom stereocenters. The molecule has 21 heavy (non-hydrogen) atoms. The van der Waals surface area contributed by atoms with Gasteiger partial charge in [0.2, 0.25) is 0 Å². The van der Waals surface area contributed by atoms with Crippen molar-refractivity contribution in [1.29, 1.82) is 0 Å². The van der Waals surface area contributed by atoms with Crippen LogP contribution in [0.1, 0.15) is 27.8 Å². The maximum Gasteiger partial charge on any atom is -0.0630 e. The van der Waals surface area contributed by atoms with E-state index < -0.39 is 0 Å². The van der Waals surface area contributed by atoms with Gasteiger partial charge in [-0.25, -0.2) is 11.6 Å². The third-order valence-corrected chi connectivity index (χ3v) is 3.01. The predicted molar refractivity (Wildman–Crippen MR) is 85.2 cm³/mol. The summed E-state index contributed by atoms with van der Waals surface area (Å²) in [5.41, 5.74) is 7.30. The van der Waals surface area contributed by atoms with E-state index in [9.17, 15) is 0 Å². The summed E-state index contributed by atoms with van der Waals surface area (Å²) < 4.78 is 0. The fourth-order valence-corrected chi connectivity index (χ4v) is 1.60. The van der Waals surface area contributed by atoms with Crippen molar-refractivity contribution in [3.05, 3.63) is 58.1 Å². The Bertz CT molecular complexity index is 473. The Hall–Kier alpha value is 0.380. The number of rotatable bonds is 0. The molecular weight excluding hydrogens is 394 g/mol. The average Bonchev–Trinajstić information content (AvgIpc) is 2.84. The van der Waals surface area contributed by atoms with Crippen LogP contribution in [0.25, 0.3) is 0 Å². The molecule has 2 aromatic carbocycles. The van der Waals surface area contributed by atoms with E-state index in [1.807, 2.05) is 12.1 Å². The summed E-state index contributed by atoms with van der Waals surface area (Å²) in [6, 6.07) is 10.5. The van der Waals surface area contributed by atoms with Gasteiger partial charge in [-0.3, -0.25) is 0 Å². The molecule has 0 unspecified atom stereocenters. The van der Waals surface area contributed by atoms with Crippen molar-refractivity contribution >= 4 is 5.43 Å². The van der Waals surface area contributed by atoms with Crippen molar-refractivity contribution in [3.8, 4) is 0 Å². The first kappa shape index (κ1) is 26.3. The van der Waals surface area contributed by atoms with Gasteiger partial charge in [0, 0.05) is 0 Å². The average molecular weight is 421 g/mol. The summed E-state index contributed by atoms with van der Waals surface area (Å²) in [4.78, 5) is 0. The van der Waals surface area contributed by atoms with Crippen LogP contribution in [0.15, 0.2) is 30.3 Å². The Balaban J connectivity index is -0.000000239. The fourth-order valence-electron chi connectivity index (χ4n) is 1.60. The molecule has 118 valence electrons. The van der Waals surface area contributed by atoms with Crippen LogP contribution in [0.3, 0.4) is 0 Å². The second-order valence-electron chi connectivity index (χ2n) is 5.22. The van der Waals surface area contributed by atoms with E-state index in [2.05, 4.69) is 65.9 Å². The first-order valence-corrected chi connectivity index (χ1v) is 12.8. The molecule has 0 amide bonds. The number of hydrogen-bond acceptors (Lipinski definition) is 0. The second kappa shape index (κ2) is 14.0. The molecule has 0 saturated carbocycles. The molecule has 0 aliphatic rings. The van der Waals surface area contributed by atoms with Crippen molar-refractivity contribution < 1.29 is 48.1 Å². The molecule has 4 heteroatoms. The smallest absolute Gasteiger partial charge is 0.0630 e. The molecule has 0 aliphatic carbocycles. The minimum Gasteiger partial charge on any atom is -1.00 e. The van der Waals surface area contributed by atoms with Gasteiger partial charge >= 0.3 is 41.9 Å². The third-order valence-electron chi connectivity index (χ3n) is 3.01. The number of hydrogen-bond donors (Lipinski definition) is 0. The zero-order valence-corrected chi connectivity index (χ0v) is 19.1. The Labute approximate surface area is 158 Å². The summed E-state index contributed by atoms with van der Waals surface area (Å²) >= 11 is 1.74. The van der Waals surface area contributed by atoms with Crippen LogP contribution in [0.4, 0.5) is 0 Å². The second-order valence-corrected chi connectivity index (χ2v) is 14.6. The van der Waals surface area contributed by atoms with Gasteiger partial charge in [0.25, 0.3) is 0 Å². The normalized spacial score (nSPS) is 8.24. The first-order chi connectivity index (χ1) is 8.75. The monoisotopic (exact) mass is 418 g/mol. The van der Waals surface area contributed by atoms with E-state index in [-0.39, 0.29) is 30.2 Å². The summed E-state index contributed by atoms with van der Waals surface area (Å²) in [7, 11) is 0. The molecule has 0 nitrogen and oxygen atoms in total. The van der Waals surface area contributed by atoms with Crippen LogP contribution in [0.5, 0.6) is 0 Å². The molecule has 2 aromatic rings. The summed E-state index contributed by atoms with van der Waals surface area (Å²) in [5, 5.41) is 0. The van der Waals surface area contributed by atoms with Gasteiger partial charge in [-0.15, -0.1) is 0 Å². The van der Waals surface area contributed by atoms with Crippen LogP contribution < -0.4 is 24.8 Å². The minimum absolute atomic E-state index is 0. The molecule has 2 rings (SSSR count). The molecule has 0 saturated heterocycles. The summed E-state index contributed by atoms with van der Waals surface area (Å²) in [5.74, 6) is 0. The predicted octanol–water partition coefficient (Wildman–Crippen LogP) is -0.855. The third kappa shape index (κ3) is 12.6. The topological polar surface area (TPSA) is 0 Å². The van der Waals surface area contributed by atoms with Crippen molar-refractivity contribution in [2.24, 2.45) is 0 Å². The van der Waals surface area contributed by atoms with Gasteiger partial charge < -0.3 is 24.8 Å². The zero-order valence-electron chi connectivity index (χ0n) is 14.1. The molecule has 0 heterocycles. The quantitative estimate of drug-likeness (QED) is 0.385. The maximum atomic E-state index is 2.31. The van der Waals surface area contributed by atoms with Gasteiger partial charge in [0.1, 0.15) is 0 Å². The van der Waals surface area contributed by atoms with Crippen LogP contribution in [0, 0.1) is 34.6 Å². The number of aryl methyl sites for hydroxylation is 3.